The summed E-state index contributed by atoms with van der Waals surface area (Å²) < 4.78 is 0. The molecule has 5 atom stereocenters. The van der Waals surface area contributed by atoms with Gasteiger partial charge in [-0.2, -0.15) is 0 Å². The highest BCUT2D eigenvalue weighted by molar-refractivity contribution is 5.99. The Balaban J connectivity index is 0.979. The first-order chi connectivity index (χ1) is 26.8. The number of fused-ring (bicyclic) bond motifs is 4. The maximum absolute atomic E-state index is 2.63. The van der Waals surface area contributed by atoms with Gasteiger partial charge in [0, 0.05) is 51.8 Å². The number of rotatable bonds is 7. The molecule has 2 nitrogen and oxygen atoms in total. The zero-order valence-corrected chi connectivity index (χ0v) is 30.5. The fraction of sp³-hybridized carbons (Fsp3) is 0.154. The monoisotopic (exact) mass is 696 g/mol. The lowest BCUT2D eigenvalue weighted by Crippen LogP contribution is -2.42. The van der Waals surface area contributed by atoms with Crippen molar-refractivity contribution in [1.29, 1.82) is 0 Å². The van der Waals surface area contributed by atoms with Crippen LogP contribution in [-0.4, -0.2) is 10.9 Å². The highest BCUT2D eigenvalue weighted by Gasteiger charge is 2.36. The summed E-state index contributed by atoms with van der Waals surface area (Å²) in [5, 5.41) is 2.51. The van der Waals surface area contributed by atoms with Gasteiger partial charge in [0.05, 0.1) is 11.7 Å². The lowest BCUT2D eigenvalue weighted by Gasteiger charge is -2.44. The zero-order valence-electron chi connectivity index (χ0n) is 30.5. The second-order valence-electron chi connectivity index (χ2n) is 15.1. The van der Waals surface area contributed by atoms with E-state index in [0.717, 1.165) is 19.3 Å². The predicted molar refractivity (Wildman–Crippen MR) is 228 cm³/mol. The van der Waals surface area contributed by atoms with Crippen molar-refractivity contribution in [1.82, 2.24) is 4.90 Å². The van der Waals surface area contributed by atoms with E-state index >= 15 is 0 Å². The molecule has 0 aromatic heterocycles. The Bertz CT molecular complexity index is 2450. The molecule has 0 amide bonds. The van der Waals surface area contributed by atoms with Crippen LogP contribution in [0.5, 0.6) is 0 Å². The van der Waals surface area contributed by atoms with Crippen LogP contribution in [0.15, 0.2) is 211 Å². The molecule has 10 rings (SSSR count). The number of benzene rings is 4. The van der Waals surface area contributed by atoms with Crippen LogP contribution in [-0.2, 0) is 6.42 Å². The van der Waals surface area contributed by atoms with Crippen molar-refractivity contribution in [2.75, 3.05) is 4.90 Å². The fourth-order valence-corrected chi connectivity index (χ4v) is 9.31. The maximum atomic E-state index is 2.63. The van der Waals surface area contributed by atoms with E-state index in [4.69, 9.17) is 0 Å². The molecule has 0 spiro atoms. The summed E-state index contributed by atoms with van der Waals surface area (Å²) >= 11 is 0. The fourth-order valence-electron chi connectivity index (χ4n) is 9.31. The molecule has 54 heavy (non-hydrogen) atoms. The first-order valence-electron chi connectivity index (χ1n) is 19.6. The molecule has 4 aromatic rings. The van der Waals surface area contributed by atoms with Gasteiger partial charge in [0.15, 0.2) is 0 Å². The normalized spacial score (nSPS) is 24.4. The van der Waals surface area contributed by atoms with Crippen LogP contribution in [0.1, 0.15) is 35.4 Å². The van der Waals surface area contributed by atoms with Gasteiger partial charge >= 0.3 is 0 Å². The summed E-state index contributed by atoms with van der Waals surface area (Å²) in [7, 11) is 0. The molecule has 0 radical (unpaired) electrons. The van der Waals surface area contributed by atoms with Crippen LogP contribution in [0.3, 0.4) is 0 Å². The van der Waals surface area contributed by atoms with Crippen molar-refractivity contribution in [2.24, 2.45) is 17.8 Å². The van der Waals surface area contributed by atoms with Crippen LogP contribution >= 0.6 is 0 Å². The molecule has 5 unspecified atom stereocenters. The van der Waals surface area contributed by atoms with E-state index in [2.05, 4.69) is 210 Å². The first-order valence-corrected chi connectivity index (χ1v) is 19.6. The Morgan fingerprint density at radius 1 is 0.593 bits per heavy atom. The van der Waals surface area contributed by atoms with Crippen molar-refractivity contribution in [2.45, 2.75) is 31.2 Å². The molecule has 0 heterocycles. The average molecular weight is 697 g/mol. The van der Waals surface area contributed by atoms with Crippen LogP contribution in [0, 0.1) is 17.8 Å². The summed E-state index contributed by atoms with van der Waals surface area (Å²) in [4.78, 5) is 5.12. The lowest BCUT2D eigenvalue weighted by atomic mass is 9.78. The van der Waals surface area contributed by atoms with Crippen LogP contribution in [0.25, 0.3) is 16.8 Å². The highest BCUT2D eigenvalue weighted by Crippen LogP contribution is 2.45. The minimum absolute atomic E-state index is 0.204. The second kappa shape index (κ2) is 14.0. The molecule has 0 saturated carbocycles. The number of anilines is 3. The van der Waals surface area contributed by atoms with E-state index in [1.165, 1.54) is 61.5 Å². The third-order valence-electron chi connectivity index (χ3n) is 12.0. The quantitative estimate of drug-likeness (QED) is 0.190. The Hall–Kier alpha value is -6.12. The van der Waals surface area contributed by atoms with E-state index in [1.54, 1.807) is 0 Å². The Labute approximate surface area is 319 Å². The van der Waals surface area contributed by atoms with Gasteiger partial charge in [0.2, 0.25) is 0 Å². The predicted octanol–water partition coefficient (Wildman–Crippen LogP) is 12.9. The van der Waals surface area contributed by atoms with Crippen molar-refractivity contribution in [3.63, 3.8) is 0 Å². The van der Waals surface area contributed by atoms with E-state index < -0.39 is 0 Å². The van der Waals surface area contributed by atoms with Crippen LogP contribution < -0.4 is 4.90 Å². The number of nitrogens with zero attached hydrogens (tertiary/aromatic N) is 2. The Morgan fingerprint density at radius 2 is 1.39 bits per heavy atom. The van der Waals surface area contributed by atoms with Gasteiger partial charge in [-0.05, 0) is 83.3 Å². The lowest BCUT2D eigenvalue weighted by molar-refractivity contribution is 0.292. The van der Waals surface area contributed by atoms with E-state index in [1.807, 2.05) is 0 Å². The largest absolute Gasteiger partial charge is 0.337 e. The molecule has 6 aliphatic rings. The minimum atomic E-state index is 0.204. The summed E-state index contributed by atoms with van der Waals surface area (Å²) in [6.45, 7) is 0. The van der Waals surface area contributed by atoms with Gasteiger partial charge in [0.1, 0.15) is 0 Å². The van der Waals surface area contributed by atoms with Crippen molar-refractivity contribution >= 4 is 33.9 Å². The maximum Gasteiger partial charge on any atom is 0.0625 e. The zero-order chi connectivity index (χ0) is 35.8. The molecule has 0 N–H and O–H groups in total. The number of hydrogen-bond donors (Lipinski definition) is 0. The Morgan fingerprint density at radius 3 is 2.31 bits per heavy atom. The van der Waals surface area contributed by atoms with Crippen molar-refractivity contribution in [3.8, 4) is 0 Å². The molecular formula is C52H44N2. The van der Waals surface area contributed by atoms with Gasteiger partial charge in [-0.1, -0.05) is 164 Å². The molecule has 0 fully saturated rings. The average Bonchev–Trinajstić information content (AvgIpc) is 3.25. The molecule has 6 aliphatic carbocycles. The smallest absolute Gasteiger partial charge is 0.0625 e. The molecule has 262 valence electrons. The third-order valence-corrected chi connectivity index (χ3v) is 12.0. The number of allylic oxidation sites excluding steroid dienone is 16. The SMILES string of the molecule is C1=CC2=CC=CC(N(C3=CCC(c4ccc(N(c5cccc6c5CCC=C6)c5cccc6ccccc56)cc4)C=C3)C3=CC=CC4C=CC=CC34)C2C=C1. The van der Waals surface area contributed by atoms with Gasteiger partial charge in [0.25, 0.3) is 0 Å². The van der Waals surface area contributed by atoms with Gasteiger partial charge in [-0.15, -0.1) is 0 Å². The summed E-state index contributed by atoms with van der Waals surface area (Å²) in [6, 6.07) is 31.8. The summed E-state index contributed by atoms with van der Waals surface area (Å²) in [5.74, 6) is 1.32. The van der Waals surface area contributed by atoms with Crippen LogP contribution in [0.4, 0.5) is 17.1 Å². The van der Waals surface area contributed by atoms with Gasteiger partial charge in [-0.3, -0.25) is 0 Å². The molecule has 0 saturated heterocycles. The minimum Gasteiger partial charge on any atom is -0.337 e. The van der Waals surface area contributed by atoms with Gasteiger partial charge < -0.3 is 9.80 Å². The van der Waals surface area contributed by atoms with Crippen molar-refractivity contribution in [3.05, 3.63) is 228 Å². The van der Waals surface area contributed by atoms with E-state index in [0.29, 0.717) is 23.7 Å². The highest BCUT2D eigenvalue weighted by atomic mass is 15.2. The molecular weight excluding hydrogens is 653 g/mol. The summed E-state index contributed by atoms with van der Waals surface area (Å²) in [6.07, 6.45) is 47.0. The molecule has 0 bridgehead atoms. The molecule has 4 aromatic carbocycles. The molecule has 0 aliphatic heterocycles. The second-order valence-corrected chi connectivity index (χ2v) is 15.1. The summed E-state index contributed by atoms with van der Waals surface area (Å²) in [5.41, 5.74) is 11.8. The van der Waals surface area contributed by atoms with E-state index in [9.17, 15) is 0 Å². The van der Waals surface area contributed by atoms with Crippen LogP contribution in [0.2, 0.25) is 0 Å². The standard InChI is InChI=1S/C52H44N2/c1-5-21-45-39(13-1)17-9-25-49(45)53(50-26-10-18-40-14-2-6-22-46(40)50)43-33-29-37(30-34-43)38-31-35-44(36-32-38)54(51-27-11-19-41-15-3-7-23-47(41)51)52-28-12-20-42-16-4-8-24-48(42)52/h1-7,9-23,25-29,31-37,39,45-46,50H,8,24,30H2. The Kier molecular flexibility index (Phi) is 8.45. The first kappa shape index (κ1) is 32.5. The topological polar surface area (TPSA) is 6.48 Å². The third kappa shape index (κ3) is 5.83. The molecule has 2 heteroatoms. The van der Waals surface area contributed by atoms with Gasteiger partial charge in [-0.25, -0.2) is 0 Å². The van der Waals surface area contributed by atoms with Crippen molar-refractivity contribution < 1.29 is 0 Å². The van der Waals surface area contributed by atoms with E-state index in [-0.39, 0.29) is 6.04 Å². The number of hydrogen-bond acceptors (Lipinski definition) is 2.